The maximum Gasteiger partial charge on any atom is 0.165 e. The van der Waals surface area contributed by atoms with Crippen LogP contribution >= 0.6 is 0 Å². The minimum Gasteiger partial charge on any atom is -0.396 e. The molecule has 1 aliphatic heterocycles. The van der Waals surface area contributed by atoms with Crippen LogP contribution in [-0.2, 0) is 4.74 Å². The predicted octanol–water partition coefficient (Wildman–Crippen LogP) is 1.14. The number of ether oxygens (including phenoxy) is 1. The zero-order chi connectivity index (χ0) is 18.4. The molecule has 0 radical (unpaired) electrons. The molecule has 8 heteroatoms. The lowest BCUT2D eigenvalue weighted by Crippen LogP contribution is -2.47. The molecule has 0 amide bonds. The fourth-order valence-electron chi connectivity index (χ4n) is 4.34. The Labute approximate surface area is 152 Å². The number of hydrogen-bond acceptors (Lipinski definition) is 7. The first kappa shape index (κ1) is 17.6. The van der Waals surface area contributed by atoms with E-state index in [-0.39, 0.29) is 30.3 Å². The van der Waals surface area contributed by atoms with E-state index in [0.29, 0.717) is 0 Å². The first-order valence-corrected chi connectivity index (χ1v) is 9.22. The number of anilines is 1. The highest BCUT2D eigenvalue weighted by atomic mass is 16.5. The summed E-state index contributed by atoms with van der Waals surface area (Å²) >= 11 is 0. The zero-order valence-electron chi connectivity index (χ0n) is 15.4. The summed E-state index contributed by atoms with van der Waals surface area (Å²) in [4.78, 5) is 15.8. The molecule has 1 unspecified atom stereocenters. The summed E-state index contributed by atoms with van der Waals surface area (Å²) in [6.07, 6.45) is 6.96. The molecule has 0 aromatic carbocycles. The highest BCUT2D eigenvalue weighted by Crippen LogP contribution is 2.48. The van der Waals surface area contributed by atoms with E-state index in [2.05, 4.69) is 31.3 Å². The number of methoxy groups -OCH3 is 1. The molecule has 8 nitrogen and oxygen atoms in total. The van der Waals surface area contributed by atoms with Gasteiger partial charge in [-0.1, -0.05) is 0 Å². The predicted molar refractivity (Wildman–Crippen MR) is 97.1 cm³/mol. The van der Waals surface area contributed by atoms with Crippen molar-refractivity contribution in [2.45, 2.75) is 44.2 Å². The highest BCUT2D eigenvalue weighted by molar-refractivity contribution is 5.83. The summed E-state index contributed by atoms with van der Waals surface area (Å²) in [5.74, 6) is 0.853. The Morgan fingerprint density at radius 3 is 2.69 bits per heavy atom. The fourth-order valence-corrected chi connectivity index (χ4v) is 4.34. The fraction of sp³-hybridized carbons (Fsp3) is 0.722. The average Bonchev–Trinajstić information content (AvgIpc) is 3.06. The number of aliphatic hydroxyl groups is 2. The summed E-state index contributed by atoms with van der Waals surface area (Å²) in [5, 5.41) is 19.0. The summed E-state index contributed by atoms with van der Waals surface area (Å²) in [5.41, 5.74) is 1.07. The van der Waals surface area contributed by atoms with E-state index in [1.165, 1.54) is 0 Å². The van der Waals surface area contributed by atoms with Crippen LogP contribution in [0.25, 0.3) is 11.2 Å². The molecule has 4 rings (SSSR count). The summed E-state index contributed by atoms with van der Waals surface area (Å²) in [7, 11) is 1.76. The Kier molecular flexibility index (Phi) is 4.37. The molecule has 2 aromatic rings. The van der Waals surface area contributed by atoms with Gasteiger partial charge in [0.15, 0.2) is 17.0 Å². The van der Waals surface area contributed by atoms with Crippen LogP contribution < -0.4 is 4.90 Å². The van der Waals surface area contributed by atoms with Gasteiger partial charge in [0.2, 0.25) is 0 Å². The maximum atomic E-state index is 9.52. The Morgan fingerprint density at radius 2 is 2.00 bits per heavy atom. The Hall–Kier alpha value is -1.77. The number of hydrogen-bond donors (Lipinski definition) is 2. The zero-order valence-corrected chi connectivity index (χ0v) is 15.4. The summed E-state index contributed by atoms with van der Waals surface area (Å²) < 4.78 is 7.76. The van der Waals surface area contributed by atoms with Gasteiger partial charge >= 0.3 is 0 Å². The first-order chi connectivity index (χ1) is 12.5. The Balaban J connectivity index is 1.62. The average molecular weight is 361 g/mol. The van der Waals surface area contributed by atoms with Gasteiger partial charge in [-0.2, -0.15) is 0 Å². The molecule has 0 bridgehead atoms. The lowest BCUT2D eigenvalue weighted by molar-refractivity contribution is -0.0421. The van der Waals surface area contributed by atoms with Crippen molar-refractivity contribution in [2.24, 2.45) is 5.41 Å². The number of nitrogens with zero attached hydrogens (tertiary/aromatic N) is 5. The molecule has 3 heterocycles. The number of imidazole rings is 1. The lowest BCUT2D eigenvalue weighted by Gasteiger charge is -2.45. The molecule has 142 valence electrons. The van der Waals surface area contributed by atoms with Crippen LogP contribution in [0.3, 0.4) is 0 Å². The van der Waals surface area contributed by atoms with Gasteiger partial charge in [-0.25, -0.2) is 15.0 Å². The first-order valence-electron chi connectivity index (χ1n) is 9.22. The second kappa shape index (κ2) is 6.44. The Bertz CT molecular complexity index is 782. The van der Waals surface area contributed by atoms with Crippen molar-refractivity contribution in [1.29, 1.82) is 0 Å². The van der Waals surface area contributed by atoms with Gasteiger partial charge in [0.25, 0.3) is 0 Å². The number of piperidine rings is 1. The van der Waals surface area contributed by atoms with Crippen LogP contribution in [0.2, 0.25) is 0 Å². The quantitative estimate of drug-likeness (QED) is 0.824. The van der Waals surface area contributed by atoms with Gasteiger partial charge in [-0.05, 0) is 32.6 Å². The van der Waals surface area contributed by atoms with Crippen molar-refractivity contribution in [3.8, 4) is 0 Å². The molecular weight excluding hydrogens is 334 g/mol. The van der Waals surface area contributed by atoms with Gasteiger partial charge in [0.05, 0.1) is 25.1 Å². The smallest absolute Gasteiger partial charge is 0.165 e. The molecule has 2 fully saturated rings. The normalized spacial score (nSPS) is 26.2. The second-order valence-corrected chi connectivity index (χ2v) is 8.08. The Morgan fingerprint density at radius 1 is 1.23 bits per heavy atom. The second-order valence-electron chi connectivity index (χ2n) is 8.08. The van der Waals surface area contributed by atoms with E-state index >= 15 is 0 Å². The van der Waals surface area contributed by atoms with E-state index in [1.54, 1.807) is 13.4 Å². The van der Waals surface area contributed by atoms with Crippen LogP contribution in [0.15, 0.2) is 12.7 Å². The molecule has 2 aliphatic rings. The van der Waals surface area contributed by atoms with Gasteiger partial charge in [0, 0.05) is 31.7 Å². The topological polar surface area (TPSA) is 96.5 Å². The summed E-state index contributed by atoms with van der Waals surface area (Å²) in [6, 6.07) is 0.202. The molecule has 2 aromatic heterocycles. The van der Waals surface area contributed by atoms with Crippen LogP contribution in [0.4, 0.5) is 5.82 Å². The lowest BCUT2D eigenvalue weighted by atomic mass is 9.66. The van der Waals surface area contributed by atoms with E-state index in [0.717, 1.165) is 55.8 Å². The summed E-state index contributed by atoms with van der Waals surface area (Å²) in [6.45, 7) is 3.86. The third-order valence-electron chi connectivity index (χ3n) is 6.19. The minimum atomic E-state index is -0.371. The van der Waals surface area contributed by atoms with E-state index in [1.807, 2.05) is 6.33 Å². The van der Waals surface area contributed by atoms with E-state index < -0.39 is 0 Å². The number of aromatic nitrogens is 4. The van der Waals surface area contributed by atoms with Crippen molar-refractivity contribution in [3.63, 3.8) is 0 Å². The molecule has 0 spiro atoms. The van der Waals surface area contributed by atoms with Gasteiger partial charge in [-0.3, -0.25) is 0 Å². The van der Waals surface area contributed by atoms with E-state index in [9.17, 15) is 10.2 Å². The molecule has 1 atom stereocenters. The minimum absolute atomic E-state index is 0.0102. The number of rotatable bonds is 5. The number of fused-ring (bicyclic) bond motifs is 1. The number of aliphatic hydroxyl groups excluding tert-OH is 2. The molecule has 1 aliphatic carbocycles. The van der Waals surface area contributed by atoms with Crippen LogP contribution in [0, 0.1) is 5.41 Å². The van der Waals surface area contributed by atoms with Crippen LogP contribution in [0.5, 0.6) is 0 Å². The van der Waals surface area contributed by atoms with E-state index in [4.69, 9.17) is 4.74 Å². The van der Waals surface area contributed by atoms with Gasteiger partial charge in [0.1, 0.15) is 6.33 Å². The van der Waals surface area contributed by atoms with Crippen LogP contribution in [-0.4, -0.2) is 68.7 Å². The van der Waals surface area contributed by atoms with Crippen molar-refractivity contribution in [2.75, 3.05) is 38.3 Å². The standard InChI is InChI=1S/C18H27N5O3/c1-17(26-2)4-3-5-22(8-17)15-14-16(20-11-19-15)23(12-21-14)13-6-18(7-13,9-24)10-25/h11-13,24-25H,3-10H2,1-2H3. The van der Waals surface area contributed by atoms with Crippen LogP contribution in [0.1, 0.15) is 38.6 Å². The monoisotopic (exact) mass is 361 g/mol. The highest BCUT2D eigenvalue weighted by Gasteiger charge is 2.45. The molecule has 1 saturated heterocycles. The molecule has 26 heavy (non-hydrogen) atoms. The third kappa shape index (κ3) is 2.76. The molecule has 1 saturated carbocycles. The largest absolute Gasteiger partial charge is 0.396 e. The molecule has 2 N–H and O–H groups in total. The van der Waals surface area contributed by atoms with Crippen molar-refractivity contribution in [1.82, 2.24) is 19.5 Å². The maximum absolute atomic E-state index is 9.52. The SMILES string of the molecule is COC1(C)CCCN(c2ncnc3c2ncn3C2CC(CO)(CO)C2)C1. The van der Waals surface area contributed by atoms with Crippen molar-refractivity contribution in [3.05, 3.63) is 12.7 Å². The van der Waals surface area contributed by atoms with Crippen molar-refractivity contribution < 1.29 is 14.9 Å². The van der Waals surface area contributed by atoms with Gasteiger partial charge < -0.3 is 24.4 Å². The third-order valence-corrected chi connectivity index (χ3v) is 6.19. The van der Waals surface area contributed by atoms with Gasteiger partial charge in [-0.15, -0.1) is 0 Å². The van der Waals surface area contributed by atoms with Crippen molar-refractivity contribution >= 4 is 17.0 Å². The molecular formula is C18H27N5O3.